The molecule has 0 N–H and O–H groups in total. The molecule has 1 unspecified atom stereocenters. The first-order chi connectivity index (χ1) is 6.68. The average molecular weight is 192 g/mol. The maximum Gasteiger partial charge on any atom is 0.138 e. The lowest BCUT2D eigenvalue weighted by molar-refractivity contribution is -0.125. The zero-order valence-corrected chi connectivity index (χ0v) is 8.53. The number of hydrogen-bond acceptors (Lipinski definition) is 2. The maximum absolute atomic E-state index is 11.7. The van der Waals surface area contributed by atoms with E-state index in [0.29, 0.717) is 12.2 Å². The fourth-order valence-electron chi connectivity index (χ4n) is 2.03. The number of ketones is 1. The topological polar surface area (TPSA) is 26.3 Å². The molecule has 1 fully saturated rings. The summed E-state index contributed by atoms with van der Waals surface area (Å²) in [6.45, 7) is 5.95. The number of carbonyl (C=O) groups is 1. The summed E-state index contributed by atoms with van der Waals surface area (Å²) in [6.07, 6.45) is 6.55. The van der Waals surface area contributed by atoms with Gasteiger partial charge >= 0.3 is 0 Å². The second-order valence-electron chi connectivity index (χ2n) is 4.17. The van der Waals surface area contributed by atoms with Crippen LogP contribution in [0.1, 0.15) is 26.2 Å². The predicted molar refractivity (Wildman–Crippen MR) is 55.0 cm³/mol. The van der Waals surface area contributed by atoms with E-state index < -0.39 is 0 Å². The third kappa shape index (κ3) is 1.67. The summed E-state index contributed by atoms with van der Waals surface area (Å²) in [5.74, 6) is 0.317. The van der Waals surface area contributed by atoms with Crippen molar-refractivity contribution in [3.8, 4) is 0 Å². The molecule has 2 heteroatoms. The van der Waals surface area contributed by atoms with Crippen LogP contribution in [0.4, 0.5) is 0 Å². The molecule has 2 heterocycles. The van der Waals surface area contributed by atoms with Gasteiger partial charge in [0.15, 0.2) is 0 Å². The Kier molecular flexibility index (Phi) is 2.55. The van der Waals surface area contributed by atoms with Gasteiger partial charge in [0, 0.05) is 12.3 Å². The number of Topliss-reactive ketones (excluding diaryl/α,β-unsaturated/α-hetero) is 1. The zero-order valence-electron chi connectivity index (χ0n) is 8.53. The molecule has 0 radical (unpaired) electrons. The van der Waals surface area contributed by atoms with Gasteiger partial charge in [-0.2, -0.15) is 0 Å². The quantitative estimate of drug-likeness (QED) is 0.550. The molecule has 0 aromatic carbocycles. The first-order valence-electron chi connectivity index (χ1n) is 5.22. The number of ether oxygens (including phenoxy) is 1. The van der Waals surface area contributed by atoms with E-state index >= 15 is 0 Å². The molecule has 0 saturated carbocycles. The van der Waals surface area contributed by atoms with Crippen molar-refractivity contribution in [1.82, 2.24) is 0 Å². The summed E-state index contributed by atoms with van der Waals surface area (Å²) in [5, 5.41) is 0. The highest BCUT2D eigenvalue weighted by molar-refractivity contribution is 5.81. The summed E-state index contributed by atoms with van der Waals surface area (Å²) in [6, 6.07) is 0. The van der Waals surface area contributed by atoms with Gasteiger partial charge in [-0.25, -0.2) is 0 Å². The fourth-order valence-corrected chi connectivity index (χ4v) is 2.03. The minimum atomic E-state index is -0.0256. The molecule has 0 spiro atoms. The molecule has 14 heavy (non-hydrogen) atoms. The van der Waals surface area contributed by atoms with E-state index in [1.807, 2.05) is 19.1 Å². The van der Waals surface area contributed by atoms with Crippen LogP contribution in [0.15, 0.2) is 24.3 Å². The first-order valence-corrected chi connectivity index (χ1v) is 5.22. The molecular weight excluding hydrogens is 176 g/mol. The van der Waals surface area contributed by atoms with E-state index in [2.05, 4.69) is 6.58 Å². The summed E-state index contributed by atoms with van der Waals surface area (Å²) < 4.78 is 5.75. The monoisotopic (exact) mass is 192 g/mol. The lowest BCUT2D eigenvalue weighted by atomic mass is 9.94. The van der Waals surface area contributed by atoms with E-state index in [1.165, 1.54) is 0 Å². The van der Waals surface area contributed by atoms with E-state index in [9.17, 15) is 4.79 Å². The molecule has 1 saturated heterocycles. The van der Waals surface area contributed by atoms with E-state index in [0.717, 1.165) is 18.4 Å². The van der Waals surface area contributed by atoms with Gasteiger partial charge in [-0.1, -0.05) is 25.7 Å². The molecule has 0 aromatic heterocycles. The summed E-state index contributed by atoms with van der Waals surface area (Å²) in [4.78, 5) is 11.7. The van der Waals surface area contributed by atoms with Gasteiger partial charge in [-0.15, -0.1) is 0 Å². The minimum absolute atomic E-state index is 0.00199. The number of carbonyl (C=O) groups excluding carboxylic acids is 1. The predicted octanol–water partition coefficient (Wildman–Crippen LogP) is 2.26. The Bertz CT molecular complexity index is 291. The SMILES string of the molecule is C=C1CCCC(=O)C(C)[C@@H]2C=C[C@@H]1O2. The minimum Gasteiger partial charge on any atom is -0.362 e. The Morgan fingerprint density at radius 3 is 3.00 bits per heavy atom. The highest BCUT2D eigenvalue weighted by Crippen LogP contribution is 2.28. The van der Waals surface area contributed by atoms with Gasteiger partial charge in [0.1, 0.15) is 5.78 Å². The Morgan fingerprint density at radius 1 is 1.43 bits per heavy atom. The van der Waals surface area contributed by atoms with Crippen LogP contribution in [0.3, 0.4) is 0 Å². The van der Waals surface area contributed by atoms with Crippen molar-refractivity contribution in [2.75, 3.05) is 0 Å². The Labute approximate surface area is 84.6 Å². The molecular formula is C12H16O2. The number of rotatable bonds is 0. The molecule has 0 aliphatic carbocycles. The van der Waals surface area contributed by atoms with Crippen molar-refractivity contribution in [3.63, 3.8) is 0 Å². The van der Waals surface area contributed by atoms with Crippen molar-refractivity contribution in [1.29, 1.82) is 0 Å². The van der Waals surface area contributed by atoms with E-state index in [-0.39, 0.29) is 18.1 Å². The molecule has 2 nitrogen and oxygen atoms in total. The third-order valence-corrected chi connectivity index (χ3v) is 3.10. The summed E-state index contributed by atoms with van der Waals surface area (Å²) in [5.41, 5.74) is 1.10. The summed E-state index contributed by atoms with van der Waals surface area (Å²) in [7, 11) is 0. The van der Waals surface area contributed by atoms with Gasteiger partial charge in [-0.05, 0) is 18.4 Å². The van der Waals surface area contributed by atoms with Crippen LogP contribution in [0.25, 0.3) is 0 Å². The average Bonchev–Trinajstić information content (AvgIpc) is 2.64. The molecule has 2 bridgehead atoms. The Balaban J connectivity index is 2.19. The second-order valence-corrected chi connectivity index (χ2v) is 4.17. The Morgan fingerprint density at radius 2 is 2.21 bits per heavy atom. The van der Waals surface area contributed by atoms with Crippen LogP contribution < -0.4 is 0 Å². The van der Waals surface area contributed by atoms with E-state index in [1.54, 1.807) is 0 Å². The van der Waals surface area contributed by atoms with Crippen LogP contribution in [-0.4, -0.2) is 18.0 Å². The molecule has 3 atom stereocenters. The molecule has 2 aliphatic heterocycles. The normalized spacial score (nSPS) is 37.9. The van der Waals surface area contributed by atoms with Gasteiger partial charge in [0.25, 0.3) is 0 Å². The van der Waals surface area contributed by atoms with Crippen molar-refractivity contribution >= 4 is 5.78 Å². The standard InChI is InChI=1S/C12H16O2/c1-8-4-3-5-10(13)9(2)12-7-6-11(8)14-12/h6-7,9,11-12H,1,3-5H2,2H3/t9?,11-,12-/m0/s1. The van der Waals surface area contributed by atoms with Crippen LogP contribution >= 0.6 is 0 Å². The lowest BCUT2D eigenvalue weighted by Gasteiger charge is -2.17. The zero-order chi connectivity index (χ0) is 10.1. The maximum atomic E-state index is 11.7. The molecule has 0 aromatic rings. The lowest BCUT2D eigenvalue weighted by Crippen LogP contribution is -2.25. The smallest absolute Gasteiger partial charge is 0.138 e. The highest BCUT2D eigenvalue weighted by Gasteiger charge is 2.30. The summed E-state index contributed by atoms with van der Waals surface area (Å²) >= 11 is 0. The van der Waals surface area contributed by atoms with Gasteiger partial charge in [0.2, 0.25) is 0 Å². The van der Waals surface area contributed by atoms with E-state index in [4.69, 9.17) is 4.74 Å². The van der Waals surface area contributed by atoms with Crippen molar-refractivity contribution in [2.24, 2.45) is 5.92 Å². The van der Waals surface area contributed by atoms with Crippen molar-refractivity contribution in [2.45, 2.75) is 38.4 Å². The fraction of sp³-hybridized carbons (Fsp3) is 0.583. The van der Waals surface area contributed by atoms with Crippen LogP contribution in [0.5, 0.6) is 0 Å². The van der Waals surface area contributed by atoms with Crippen LogP contribution in [0.2, 0.25) is 0 Å². The van der Waals surface area contributed by atoms with Crippen molar-refractivity contribution in [3.05, 3.63) is 24.3 Å². The van der Waals surface area contributed by atoms with Crippen LogP contribution in [-0.2, 0) is 9.53 Å². The molecule has 0 amide bonds. The molecule has 2 aliphatic rings. The molecule has 2 rings (SSSR count). The third-order valence-electron chi connectivity index (χ3n) is 3.10. The molecule has 76 valence electrons. The highest BCUT2D eigenvalue weighted by atomic mass is 16.5. The largest absolute Gasteiger partial charge is 0.362 e. The Hall–Kier alpha value is -0.890. The van der Waals surface area contributed by atoms with Gasteiger partial charge < -0.3 is 4.74 Å². The second kappa shape index (κ2) is 3.70. The number of hydrogen-bond donors (Lipinski definition) is 0. The van der Waals surface area contributed by atoms with Crippen LogP contribution in [0, 0.1) is 5.92 Å². The number of fused-ring (bicyclic) bond motifs is 2. The van der Waals surface area contributed by atoms with Gasteiger partial charge in [-0.3, -0.25) is 4.79 Å². The first kappa shape index (κ1) is 9.66. The van der Waals surface area contributed by atoms with Gasteiger partial charge in [0.05, 0.1) is 12.2 Å². The van der Waals surface area contributed by atoms with Crippen molar-refractivity contribution < 1.29 is 9.53 Å².